The van der Waals surface area contributed by atoms with E-state index in [1.54, 1.807) is 13.1 Å². The summed E-state index contributed by atoms with van der Waals surface area (Å²) in [5.41, 5.74) is 2.64. The summed E-state index contributed by atoms with van der Waals surface area (Å²) in [6, 6.07) is 11.9. The van der Waals surface area contributed by atoms with Crippen LogP contribution in [0.4, 0.5) is 13.2 Å². The molecule has 1 aliphatic heterocycles. The Kier molecular flexibility index (Phi) is 6.22. The molecule has 1 unspecified atom stereocenters. The van der Waals surface area contributed by atoms with E-state index in [1.807, 2.05) is 18.2 Å². The van der Waals surface area contributed by atoms with E-state index in [0.29, 0.717) is 30.2 Å². The van der Waals surface area contributed by atoms with Gasteiger partial charge in [-0.05, 0) is 31.2 Å². The van der Waals surface area contributed by atoms with Gasteiger partial charge in [0.1, 0.15) is 29.7 Å². The molecule has 2 N–H and O–H groups in total. The number of para-hydroxylation sites is 1. The van der Waals surface area contributed by atoms with E-state index in [9.17, 15) is 18.0 Å². The molecule has 0 amide bonds. The Morgan fingerprint density at radius 1 is 1.13 bits per heavy atom. The molecule has 0 saturated heterocycles. The molecule has 10 heteroatoms. The zero-order valence-electron chi connectivity index (χ0n) is 20.7. The van der Waals surface area contributed by atoms with Crippen molar-refractivity contribution in [2.75, 3.05) is 13.2 Å². The van der Waals surface area contributed by atoms with Gasteiger partial charge in [0.05, 0.1) is 30.0 Å². The van der Waals surface area contributed by atoms with E-state index < -0.39 is 23.2 Å². The highest BCUT2D eigenvalue weighted by atomic mass is 19.1. The van der Waals surface area contributed by atoms with Gasteiger partial charge in [-0.1, -0.05) is 18.2 Å². The molecule has 0 aliphatic carbocycles. The number of hydrogen-bond donors (Lipinski definition) is 2. The first-order chi connectivity index (χ1) is 18.9. The molecule has 1 aliphatic rings. The number of fused-ring (bicyclic) bond motifs is 2. The number of nitrogens with one attached hydrogen (secondary N) is 2. The second-order valence-corrected chi connectivity index (χ2v) is 9.05. The van der Waals surface area contributed by atoms with Crippen molar-refractivity contribution < 1.29 is 32.2 Å². The predicted molar refractivity (Wildman–Crippen MR) is 136 cm³/mol. The molecular weight excluding hydrogens is 511 g/mol. The van der Waals surface area contributed by atoms with Gasteiger partial charge in [0, 0.05) is 40.7 Å². The maximum atomic E-state index is 14.9. The lowest BCUT2D eigenvalue weighted by Gasteiger charge is -2.10. The average molecular weight is 534 g/mol. The molecule has 0 spiro atoms. The zero-order chi connectivity index (χ0) is 27.1. The van der Waals surface area contributed by atoms with Crippen LogP contribution in [0.25, 0.3) is 22.3 Å². The Morgan fingerprint density at radius 3 is 2.85 bits per heavy atom. The number of hydrogen-bond acceptors (Lipinski definition) is 5. The number of benzene rings is 3. The minimum Gasteiger partial charge on any atom is -0.492 e. The van der Waals surface area contributed by atoms with Crippen LogP contribution in [0.1, 0.15) is 29.7 Å². The van der Waals surface area contributed by atoms with E-state index in [-0.39, 0.29) is 40.8 Å². The highest BCUT2D eigenvalue weighted by Gasteiger charge is 2.30. The average Bonchev–Trinajstić information content (AvgIpc) is 3.67. The molecule has 0 bridgehead atoms. The molecule has 3 aromatic carbocycles. The second kappa shape index (κ2) is 9.86. The Morgan fingerprint density at radius 2 is 2.00 bits per heavy atom. The summed E-state index contributed by atoms with van der Waals surface area (Å²) in [6.07, 6.45) is 3.17. The first-order valence-electron chi connectivity index (χ1n) is 12.3. The third kappa shape index (κ3) is 4.47. The molecule has 6 rings (SSSR count). The van der Waals surface area contributed by atoms with Crippen molar-refractivity contribution >= 4 is 16.9 Å². The number of rotatable bonds is 7. The molecular formula is C29H22F3N3O4. The van der Waals surface area contributed by atoms with E-state index in [2.05, 4.69) is 15.0 Å². The molecule has 2 aromatic heterocycles. The van der Waals surface area contributed by atoms with Crippen LogP contribution in [-0.4, -0.2) is 34.1 Å². The van der Waals surface area contributed by atoms with Gasteiger partial charge in [-0.25, -0.2) is 18.2 Å². The summed E-state index contributed by atoms with van der Waals surface area (Å²) in [4.78, 5) is 22.2. The first-order valence-corrected chi connectivity index (χ1v) is 12.3. The van der Waals surface area contributed by atoms with E-state index in [4.69, 9.17) is 14.2 Å². The van der Waals surface area contributed by atoms with Crippen LogP contribution in [0.5, 0.6) is 17.2 Å². The Hall–Kier alpha value is -4.73. The molecule has 7 nitrogen and oxygen atoms in total. The van der Waals surface area contributed by atoms with Crippen LogP contribution in [0.15, 0.2) is 60.9 Å². The smallest absolute Gasteiger partial charge is 0.310 e. The number of carbonyl (C=O) groups excluding carboxylic acids is 1. The van der Waals surface area contributed by atoms with Crippen molar-refractivity contribution in [1.29, 1.82) is 0 Å². The van der Waals surface area contributed by atoms with Crippen molar-refractivity contribution in [1.82, 2.24) is 15.0 Å². The van der Waals surface area contributed by atoms with Gasteiger partial charge in [-0.2, -0.15) is 0 Å². The Balaban J connectivity index is 1.28. The summed E-state index contributed by atoms with van der Waals surface area (Å²) in [5, 5.41) is 0.175. The van der Waals surface area contributed by atoms with Crippen LogP contribution in [-0.2, 0) is 16.0 Å². The summed E-state index contributed by atoms with van der Waals surface area (Å²) in [7, 11) is 0. The van der Waals surface area contributed by atoms with Gasteiger partial charge >= 0.3 is 5.97 Å². The third-order valence-corrected chi connectivity index (χ3v) is 6.62. The lowest BCUT2D eigenvalue weighted by atomic mass is 9.96. The van der Waals surface area contributed by atoms with Gasteiger partial charge in [0.2, 0.25) is 0 Å². The highest BCUT2D eigenvalue weighted by Crippen LogP contribution is 2.41. The predicted octanol–water partition coefficient (Wildman–Crippen LogP) is 6.40. The second-order valence-electron chi connectivity index (χ2n) is 9.05. The van der Waals surface area contributed by atoms with Crippen molar-refractivity contribution in [2.45, 2.75) is 19.3 Å². The summed E-state index contributed by atoms with van der Waals surface area (Å²) in [5.74, 6) is -2.62. The van der Waals surface area contributed by atoms with Crippen LogP contribution >= 0.6 is 0 Å². The number of ether oxygens (including phenoxy) is 3. The number of H-pyrrole nitrogens is 2. The fraction of sp³-hybridized carbons (Fsp3) is 0.172. The molecule has 3 heterocycles. The van der Waals surface area contributed by atoms with E-state index in [1.165, 1.54) is 24.4 Å². The van der Waals surface area contributed by atoms with E-state index >= 15 is 0 Å². The van der Waals surface area contributed by atoms with Crippen molar-refractivity contribution in [3.8, 4) is 28.6 Å². The maximum Gasteiger partial charge on any atom is 0.310 e. The standard InChI is InChI=1S/C29H22F3N3O4/c1-2-37-25(36)10-15-4-3-5-17-20(14-38-27(15)17)24-13-34-29(35-24)19-11-16(6-7-21(19)30)39-28-22(31)12-23-18(26(28)32)8-9-33-23/h3-9,11-13,20,33H,2,10,14H2,1H3,(H,34,35). The quantitative estimate of drug-likeness (QED) is 0.237. The Labute approximate surface area is 220 Å². The summed E-state index contributed by atoms with van der Waals surface area (Å²) in [6.45, 7) is 2.35. The Bertz CT molecular complexity index is 1710. The van der Waals surface area contributed by atoms with Crippen molar-refractivity contribution in [3.05, 3.63) is 95.2 Å². The molecule has 198 valence electrons. The van der Waals surface area contributed by atoms with Crippen molar-refractivity contribution in [2.24, 2.45) is 0 Å². The van der Waals surface area contributed by atoms with Crippen molar-refractivity contribution in [3.63, 3.8) is 0 Å². The van der Waals surface area contributed by atoms with Crippen LogP contribution in [0.3, 0.4) is 0 Å². The third-order valence-electron chi connectivity index (χ3n) is 6.62. The lowest BCUT2D eigenvalue weighted by molar-refractivity contribution is -0.142. The SMILES string of the molecule is CCOC(=O)Cc1cccc2c1OCC2c1cnc(-c2cc(Oc3c(F)cc4[nH]ccc4c3F)ccc2F)[nH]1. The number of nitrogens with zero attached hydrogens (tertiary/aromatic N) is 1. The number of halogens is 3. The number of carbonyl (C=O) groups is 1. The number of imidazole rings is 1. The fourth-order valence-corrected chi connectivity index (χ4v) is 4.80. The molecule has 1 atom stereocenters. The lowest BCUT2D eigenvalue weighted by Crippen LogP contribution is -2.08. The van der Waals surface area contributed by atoms with Gasteiger partial charge < -0.3 is 24.2 Å². The number of esters is 1. The first kappa shape index (κ1) is 24.6. The minimum atomic E-state index is -0.893. The minimum absolute atomic E-state index is 0.0372. The van der Waals surface area contributed by atoms with Gasteiger partial charge in [-0.3, -0.25) is 4.79 Å². The van der Waals surface area contributed by atoms with Gasteiger partial charge in [0.15, 0.2) is 17.4 Å². The highest BCUT2D eigenvalue weighted by molar-refractivity contribution is 5.82. The van der Waals surface area contributed by atoms with Gasteiger partial charge in [0.25, 0.3) is 0 Å². The zero-order valence-corrected chi connectivity index (χ0v) is 20.7. The molecule has 5 aromatic rings. The molecule has 0 saturated carbocycles. The number of aromatic nitrogens is 3. The topological polar surface area (TPSA) is 89.2 Å². The normalized spacial score (nSPS) is 14.3. The number of aromatic amines is 2. The maximum absolute atomic E-state index is 14.9. The summed E-state index contributed by atoms with van der Waals surface area (Å²) >= 11 is 0. The largest absolute Gasteiger partial charge is 0.492 e. The fourth-order valence-electron chi connectivity index (χ4n) is 4.80. The molecule has 39 heavy (non-hydrogen) atoms. The van der Waals surface area contributed by atoms with Crippen LogP contribution < -0.4 is 9.47 Å². The van der Waals surface area contributed by atoms with Crippen LogP contribution in [0, 0.1) is 17.5 Å². The van der Waals surface area contributed by atoms with Gasteiger partial charge in [-0.15, -0.1) is 0 Å². The monoisotopic (exact) mass is 533 g/mol. The van der Waals surface area contributed by atoms with E-state index in [0.717, 1.165) is 23.3 Å². The summed E-state index contributed by atoms with van der Waals surface area (Å²) < 4.78 is 60.8. The molecule has 0 radical (unpaired) electrons. The molecule has 0 fully saturated rings. The van der Waals surface area contributed by atoms with Crippen LogP contribution in [0.2, 0.25) is 0 Å².